The summed E-state index contributed by atoms with van der Waals surface area (Å²) in [7, 11) is 0. The number of hydrogen-bond donors (Lipinski definition) is 4. The number of benzene rings is 3. The lowest BCUT2D eigenvalue weighted by Gasteiger charge is -2.41. The van der Waals surface area contributed by atoms with Crippen molar-refractivity contribution < 1.29 is 29.4 Å². The minimum Gasteiger partial charge on any atom is -0.392 e. The number of nitrogens with one attached hydrogen (secondary N) is 2. The van der Waals surface area contributed by atoms with Crippen LogP contribution >= 0.6 is 0 Å². The Morgan fingerprint density at radius 2 is 1.57 bits per heavy atom. The van der Waals surface area contributed by atoms with E-state index in [1.165, 1.54) is 19.3 Å². The fourth-order valence-electron chi connectivity index (χ4n) is 8.87. The second-order valence-electron chi connectivity index (χ2n) is 16.2. The van der Waals surface area contributed by atoms with Crippen molar-refractivity contribution in [1.82, 2.24) is 15.7 Å². The van der Waals surface area contributed by atoms with Gasteiger partial charge in [-0.25, -0.2) is 5.48 Å². The molecule has 9 nitrogen and oxygen atoms in total. The van der Waals surface area contributed by atoms with Crippen LogP contribution in [0.5, 0.6) is 0 Å². The summed E-state index contributed by atoms with van der Waals surface area (Å²) in [5, 5.41) is 21.2. The first-order chi connectivity index (χ1) is 24.5. The molecular formula is C42H55N3O6. The van der Waals surface area contributed by atoms with E-state index in [-0.39, 0.29) is 31.1 Å². The summed E-state index contributed by atoms with van der Waals surface area (Å²) in [6.07, 6.45) is 6.69. The molecule has 2 unspecified atom stereocenters. The van der Waals surface area contributed by atoms with Crippen molar-refractivity contribution in [3.8, 4) is 11.1 Å². The Hall–Kier alpha value is -3.60. The van der Waals surface area contributed by atoms with Crippen LogP contribution in [0.4, 0.5) is 0 Å². The zero-order chi connectivity index (χ0) is 36.0. The molecule has 3 fully saturated rings. The molecule has 3 aromatic rings. The molecule has 51 heavy (non-hydrogen) atoms. The SMILES string of the molecule is CC1(C)CC2CC(C)(CN2C[C@@H]2C[C@H](c3ccc(CO)cc3)O[C@H](c3ccc(-c4cccc(CNC(=O)CCCCCC(=O)NO)c4)cc3)O2)C1. The van der Waals surface area contributed by atoms with Gasteiger partial charge in [-0.15, -0.1) is 0 Å². The van der Waals surface area contributed by atoms with Crippen LogP contribution in [0.3, 0.4) is 0 Å². The molecule has 1 saturated carbocycles. The molecule has 4 N–H and O–H groups in total. The molecule has 3 aromatic carbocycles. The molecule has 0 aromatic heterocycles. The molecule has 2 bridgehead atoms. The quantitative estimate of drug-likeness (QED) is 0.0789. The molecule has 9 heteroatoms. The number of ether oxygens (including phenoxy) is 2. The highest BCUT2D eigenvalue weighted by Crippen LogP contribution is 2.53. The summed E-state index contributed by atoms with van der Waals surface area (Å²) < 4.78 is 13.4. The lowest BCUT2D eigenvalue weighted by molar-refractivity contribution is -0.253. The van der Waals surface area contributed by atoms with Gasteiger partial charge in [0.05, 0.1) is 18.8 Å². The number of amides is 2. The number of rotatable bonds is 14. The van der Waals surface area contributed by atoms with E-state index in [4.69, 9.17) is 14.7 Å². The van der Waals surface area contributed by atoms with Gasteiger partial charge in [0.15, 0.2) is 6.29 Å². The minimum atomic E-state index is -0.497. The maximum atomic E-state index is 12.4. The first-order valence-corrected chi connectivity index (χ1v) is 18.6. The number of nitrogens with zero attached hydrogens (tertiary/aromatic N) is 1. The van der Waals surface area contributed by atoms with Gasteiger partial charge in [0, 0.05) is 50.5 Å². The number of hydroxylamine groups is 1. The number of aliphatic hydroxyl groups excluding tert-OH is 1. The predicted octanol–water partition coefficient (Wildman–Crippen LogP) is 7.36. The van der Waals surface area contributed by atoms with E-state index in [1.807, 2.05) is 24.3 Å². The number of carbonyl (C=O) groups is 2. The highest BCUT2D eigenvalue weighted by atomic mass is 16.7. The lowest BCUT2D eigenvalue weighted by atomic mass is 9.65. The highest BCUT2D eigenvalue weighted by Gasteiger charge is 2.50. The van der Waals surface area contributed by atoms with E-state index in [9.17, 15) is 14.7 Å². The van der Waals surface area contributed by atoms with Crippen molar-refractivity contribution in [3.63, 3.8) is 0 Å². The van der Waals surface area contributed by atoms with Crippen LogP contribution in [0.1, 0.15) is 113 Å². The molecule has 2 amide bonds. The summed E-state index contributed by atoms with van der Waals surface area (Å²) in [6, 6.07) is 25.3. The normalized spacial score (nSPS) is 25.7. The zero-order valence-corrected chi connectivity index (χ0v) is 30.4. The number of hydrogen-bond acceptors (Lipinski definition) is 7. The topological polar surface area (TPSA) is 120 Å². The van der Waals surface area contributed by atoms with Crippen molar-refractivity contribution >= 4 is 11.8 Å². The third-order valence-corrected chi connectivity index (χ3v) is 10.9. The standard InChI is InChI=1S/C42H55N3O6/c1-41(2)22-35-23-42(3,27-41)28-45(35)25-36-21-37(32-14-12-29(26-46)13-15-32)51-40(50-36)33-18-16-31(17-19-33)34-9-7-8-30(20-34)24-43-38(47)10-5-4-6-11-39(48)44-49/h7-9,12-20,35-37,40,46,49H,4-6,10-11,21-28H2,1-3H3,(H,43,47)(H,44,48)/t35?,36-,37+,40+,42?/m0/s1. The average Bonchev–Trinajstić information content (AvgIpc) is 3.37. The van der Waals surface area contributed by atoms with Gasteiger partial charge in [-0.2, -0.15) is 0 Å². The van der Waals surface area contributed by atoms with E-state index < -0.39 is 12.2 Å². The maximum absolute atomic E-state index is 12.4. The van der Waals surface area contributed by atoms with Crippen molar-refractivity contribution in [2.75, 3.05) is 13.1 Å². The van der Waals surface area contributed by atoms with E-state index in [2.05, 4.69) is 79.5 Å². The van der Waals surface area contributed by atoms with E-state index in [0.717, 1.165) is 59.3 Å². The molecule has 1 aliphatic carbocycles. The summed E-state index contributed by atoms with van der Waals surface area (Å²) in [5.74, 6) is -0.419. The van der Waals surface area contributed by atoms with Gasteiger partial charge in [0.1, 0.15) is 0 Å². The second kappa shape index (κ2) is 16.4. The van der Waals surface area contributed by atoms with Crippen molar-refractivity contribution in [3.05, 3.63) is 95.1 Å². The highest BCUT2D eigenvalue weighted by molar-refractivity contribution is 5.76. The second-order valence-corrected chi connectivity index (χ2v) is 16.2. The predicted molar refractivity (Wildman–Crippen MR) is 196 cm³/mol. The van der Waals surface area contributed by atoms with Crippen LogP contribution in [0.2, 0.25) is 0 Å². The Labute approximate surface area is 302 Å². The molecule has 2 saturated heterocycles. The van der Waals surface area contributed by atoms with E-state index in [1.54, 1.807) is 5.48 Å². The first kappa shape index (κ1) is 37.2. The molecule has 6 rings (SSSR count). The molecule has 2 heterocycles. The molecule has 274 valence electrons. The van der Waals surface area contributed by atoms with E-state index >= 15 is 0 Å². The monoisotopic (exact) mass is 697 g/mol. The minimum absolute atomic E-state index is 0.0179. The Bertz CT molecular complexity index is 1630. The van der Waals surface area contributed by atoms with Crippen molar-refractivity contribution in [1.29, 1.82) is 0 Å². The Balaban J connectivity index is 1.10. The average molecular weight is 698 g/mol. The number of likely N-dealkylation sites (tertiary alicyclic amines) is 1. The van der Waals surface area contributed by atoms with Gasteiger partial charge in [0.2, 0.25) is 11.8 Å². The van der Waals surface area contributed by atoms with Gasteiger partial charge in [-0.3, -0.25) is 19.7 Å². The number of unbranched alkanes of at least 4 members (excludes halogenated alkanes) is 2. The summed E-state index contributed by atoms with van der Waals surface area (Å²) in [5.41, 5.74) is 8.48. The Morgan fingerprint density at radius 3 is 2.29 bits per heavy atom. The summed E-state index contributed by atoms with van der Waals surface area (Å²) in [6.45, 7) is 9.78. The third-order valence-electron chi connectivity index (χ3n) is 10.9. The first-order valence-electron chi connectivity index (χ1n) is 18.6. The number of aliphatic hydroxyl groups is 1. The fraction of sp³-hybridized carbons (Fsp3) is 0.524. The fourth-order valence-corrected chi connectivity index (χ4v) is 8.87. The zero-order valence-electron chi connectivity index (χ0n) is 30.4. The molecule has 3 aliphatic rings. The molecule has 5 atom stereocenters. The van der Waals surface area contributed by atoms with Gasteiger partial charge in [-0.05, 0) is 76.8 Å². The largest absolute Gasteiger partial charge is 0.392 e. The van der Waals surface area contributed by atoms with Crippen LogP contribution in [-0.2, 0) is 32.2 Å². The Kier molecular flexibility index (Phi) is 11.9. The summed E-state index contributed by atoms with van der Waals surface area (Å²) in [4.78, 5) is 26.2. The van der Waals surface area contributed by atoms with Gasteiger partial charge >= 0.3 is 0 Å². The van der Waals surface area contributed by atoms with Gasteiger partial charge in [0.25, 0.3) is 0 Å². The van der Waals surface area contributed by atoms with Crippen LogP contribution < -0.4 is 10.8 Å². The van der Waals surface area contributed by atoms with Crippen LogP contribution in [0.15, 0.2) is 72.8 Å². The number of carbonyl (C=O) groups excluding carboxylic acids is 2. The van der Waals surface area contributed by atoms with Crippen LogP contribution in [0.25, 0.3) is 11.1 Å². The molecule has 0 radical (unpaired) electrons. The van der Waals surface area contributed by atoms with Gasteiger partial charge in [-0.1, -0.05) is 93.9 Å². The third kappa shape index (κ3) is 9.84. The van der Waals surface area contributed by atoms with Crippen LogP contribution in [-0.4, -0.2) is 52.3 Å². The van der Waals surface area contributed by atoms with Gasteiger partial charge < -0.3 is 19.9 Å². The number of fused-ring (bicyclic) bond motifs is 2. The molecule has 0 spiro atoms. The van der Waals surface area contributed by atoms with Crippen molar-refractivity contribution in [2.24, 2.45) is 10.8 Å². The molecule has 2 aliphatic heterocycles. The lowest BCUT2D eigenvalue weighted by Crippen LogP contribution is -2.42. The maximum Gasteiger partial charge on any atom is 0.243 e. The van der Waals surface area contributed by atoms with Crippen molar-refractivity contribution in [2.45, 2.75) is 116 Å². The van der Waals surface area contributed by atoms with Crippen LogP contribution in [0, 0.1) is 10.8 Å². The summed E-state index contributed by atoms with van der Waals surface area (Å²) >= 11 is 0. The molecular weight excluding hydrogens is 642 g/mol. The van der Waals surface area contributed by atoms with E-state index in [0.29, 0.717) is 42.7 Å². The smallest absolute Gasteiger partial charge is 0.243 e. The Morgan fingerprint density at radius 1 is 0.843 bits per heavy atom.